The molecule has 2 rings (SSSR count). The molecule has 4 nitrogen and oxygen atoms in total. The monoisotopic (exact) mass is 301 g/mol. The van der Waals surface area contributed by atoms with E-state index >= 15 is 0 Å². The van der Waals surface area contributed by atoms with Crippen molar-refractivity contribution in [2.24, 2.45) is 0 Å². The summed E-state index contributed by atoms with van der Waals surface area (Å²) in [5, 5.41) is 9.00. The van der Waals surface area contributed by atoms with Gasteiger partial charge in [0.05, 0.1) is 17.9 Å². The third kappa shape index (κ3) is 2.88. The zero-order valence-electron chi connectivity index (χ0n) is 9.88. The fraction of sp³-hybridized carbons (Fsp3) is 0.167. The number of aromatic amines is 1. The van der Waals surface area contributed by atoms with E-state index in [1.807, 2.05) is 0 Å². The first-order valence-electron chi connectivity index (χ1n) is 5.44. The van der Waals surface area contributed by atoms with Crippen LogP contribution in [0.3, 0.4) is 0 Å². The Morgan fingerprint density at radius 1 is 1.42 bits per heavy atom. The number of H-pyrrole nitrogens is 1. The zero-order chi connectivity index (χ0) is 14.0. The molecule has 0 aliphatic carbocycles. The molecule has 0 aliphatic rings. The molecule has 0 saturated carbocycles. The maximum atomic E-state index is 13.7. The average molecular weight is 302 g/mol. The minimum absolute atomic E-state index is 0.0330. The highest BCUT2D eigenvalue weighted by molar-refractivity contribution is 6.33. The van der Waals surface area contributed by atoms with Gasteiger partial charge in [-0.15, -0.1) is 0 Å². The number of halogens is 3. The number of aromatic nitrogens is 2. The molecule has 1 heterocycles. The highest BCUT2D eigenvalue weighted by atomic mass is 35.5. The number of anilines is 1. The summed E-state index contributed by atoms with van der Waals surface area (Å²) >= 11 is 11.8. The lowest BCUT2D eigenvalue weighted by Gasteiger charge is -2.17. The van der Waals surface area contributed by atoms with Gasteiger partial charge in [-0.05, 0) is 19.1 Å². The third-order valence-corrected chi connectivity index (χ3v) is 3.31. The van der Waals surface area contributed by atoms with Crippen molar-refractivity contribution in [1.82, 2.24) is 10.2 Å². The first kappa shape index (κ1) is 13.8. The van der Waals surface area contributed by atoms with Gasteiger partial charge >= 0.3 is 0 Å². The smallest absolute Gasteiger partial charge is 0.285 e. The Morgan fingerprint density at radius 2 is 2.16 bits per heavy atom. The van der Waals surface area contributed by atoms with Gasteiger partial charge in [-0.1, -0.05) is 29.3 Å². The summed E-state index contributed by atoms with van der Waals surface area (Å²) in [5.41, 5.74) is 0.108. The van der Waals surface area contributed by atoms with Gasteiger partial charge in [0.1, 0.15) is 10.8 Å². The maximum Gasteiger partial charge on any atom is 0.285 e. The Kier molecular flexibility index (Phi) is 4.07. The highest BCUT2D eigenvalue weighted by Crippen LogP contribution is 2.29. The molecule has 0 amide bonds. The summed E-state index contributed by atoms with van der Waals surface area (Å²) in [7, 11) is 0. The summed E-state index contributed by atoms with van der Waals surface area (Å²) in [6.45, 7) is 1.71. The van der Waals surface area contributed by atoms with E-state index in [-0.39, 0.29) is 5.02 Å². The maximum absolute atomic E-state index is 13.7. The van der Waals surface area contributed by atoms with Gasteiger partial charge in [-0.2, -0.15) is 5.10 Å². The van der Waals surface area contributed by atoms with Gasteiger partial charge < -0.3 is 5.32 Å². The van der Waals surface area contributed by atoms with Gasteiger partial charge in [0.15, 0.2) is 0 Å². The first-order valence-corrected chi connectivity index (χ1v) is 6.20. The molecule has 1 unspecified atom stereocenters. The molecule has 1 aromatic carbocycles. The van der Waals surface area contributed by atoms with E-state index in [1.54, 1.807) is 13.0 Å². The molecule has 7 heteroatoms. The van der Waals surface area contributed by atoms with Crippen LogP contribution in [0.2, 0.25) is 10.0 Å². The Bertz CT molecular complexity index is 639. The standard InChI is InChI=1S/C12H10Cl2FN3O/c1-6(10-7(13)3-2-4-8(10)15)17-9-5-16-18-12(19)11(9)14/h2-6H,1H3,(H2,17,18,19). The molecule has 1 aromatic heterocycles. The molecule has 1 atom stereocenters. The lowest BCUT2D eigenvalue weighted by Crippen LogP contribution is -2.15. The van der Waals surface area contributed by atoms with Crippen molar-refractivity contribution >= 4 is 28.9 Å². The van der Waals surface area contributed by atoms with Crippen LogP contribution in [0, 0.1) is 5.82 Å². The number of rotatable bonds is 3. The molecule has 0 saturated heterocycles. The van der Waals surface area contributed by atoms with Crippen LogP contribution in [-0.2, 0) is 0 Å². The summed E-state index contributed by atoms with van der Waals surface area (Å²) in [4.78, 5) is 11.3. The SMILES string of the molecule is CC(Nc1cn[nH]c(=O)c1Cl)c1c(F)cccc1Cl. The minimum Gasteiger partial charge on any atom is -0.376 e. The van der Waals surface area contributed by atoms with Crippen LogP contribution in [0.25, 0.3) is 0 Å². The van der Waals surface area contributed by atoms with E-state index in [2.05, 4.69) is 15.5 Å². The van der Waals surface area contributed by atoms with Crippen molar-refractivity contribution in [3.8, 4) is 0 Å². The highest BCUT2D eigenvalue weighted by Gasteiger charge is 2.16. The molecular formula is C12H10Cl2FN3O. The average Bonchev–Trinajstić information content (AvgIpc) is 2.35. The molecule has 19 heavy (non-hydrogen) atoms. The van der Waals surface area contributed by atoms with Crippen molar-refractivity contribution < 1.29 is 4.39 Å². The molecule has 2 N–H and O–H groups in total. The number of hydrogen-bond acceptors (Lipinski definition) is 3. The van der Waals surface area contributed by atoms with Crippen LogP contribution >= 0.6 is 23.2 Å². The quantitative estimate of drug-likeness (QED) is 0.913. The van der Waals surface area contributed by atoms with Gasteiger partial charge in [0.25, 0.3) is 5.56 Å². The summed E-state index contributed by atoms with van der Waals surface area (Å²) < 4.78 is 13.7. The van der Waals surface area contributed by atoms with Gasteiger partial charge in [-0.25, -0.2) is 9.49 Å². The third-order valence-electron chi connectivity index (χ3n) is 2.60. The Labute approximate surface area is 118 Å². The lowest BCUT2D eigenvalue weighted by atomic mass is 10.1. The molecular weight excluding hydrogens is 292 g/mol. The van der Waals surface area contributed by atoms with E-state index < -0.39 is 17.4 Å². The van der Waals surface area contributed by atoms with Crippen LogP contribution in [0.1, 0.15) is 18.5 Å². The normalized spacial score (nSPS) is 12.2. The van der Waals surface area contributed by atoms with E-state index in [0.29, 0.717) is 16.3 Å². The van der Waals surface area contributed by atoms with Crippen LogP contribution < -0.4 is 10.9 Å². The zero-order valence-corrected chi connectivity index (χ0v) is 11.4. The molecule has 0 fully saturated rings. The summed E-state index contributed by atoms with van der Waals surface area (Å²) in [5.74, 6) is -0.429. The van der Waals surface area contributed by atoms with E-state index in [1.165, 1.54) is 18.3 Å². The fourth-order valence-corrected chi connectivity index (χ4v) is 2.19. The van der Waals surface area contributed by atoms with Crippen LogP contribution in [0.4, 0.5) is 10.1 Å². The summed E-state index contributed by atoms with van der Waals surface area (Å²) in [6.07, 6.45) is 1.36. The van der Waals surface area contributed by atoms with Crippen molar-refractivity contribution in [3.05, 3.63) is 56.2 Å². The van der Waals surface area contributed by atoms with Crippen molar-refractivity contribution in [3.63, 3.8) is 0 Å². The van der Waals surface area contributed by atoms with E-state index in [4.69, 9.17) is 23.2 Å². The lowest BCUT2D eigenvalue weighted by molar-refractivity contribution is 0.600. The van der Waals surface area contributed by atoms with Crippen molar-refractivity contribution in [2.75, 3.05) is 5.32 Å². The second kappa shape index (κ2) is 5.59. The molecule has 0 aliphatic heterocycles. The van der Waals surface area contributed by atoms with Gasteiger partial charge in [0, 0.05) is 10.6 Å². The number of benzene rings is 1. The Hall–Kier alpha value is -1.59. The van der Waals surface area contributed by atoms with Crippen LogP contribution in [0.15, 0.2) is 29.2 Å². The van der Waals surface area contributed by atoms with Crippen molar-refractivity contribution in [2.45, 2.75) is 13.0 Å². The number of nitrogens with one attached hydrogen (secondary N) is 2. The van der Waals surface area contributed by atoms with E-state index in [9.17, 15) is 9.18 Å². The molecule has 0 bridgehead atoms. The predicted molar refractivity (Wildman–Crippen MR) is 73.3 cm³/mol. The fourth-order valence-electron chi connectivity index (χ4n) is 1.71. The summed E-state index contributed by atoms with van der Waals surface area (Å²) in [6, 6.07) is 3.97. The number of nitrogens with zero attached hydrogens (tertiary/aromatic N) is 1. The Morgan fingerprint density at radius 3 is 2.84 bits per heavy atom. The minimum atomic E-state index is -0.515. The second-order valence-electron chi connectivity index (χ2n) is 3.93. The van der Waals surface area contributed by atoms with Crippen LogP contribution in [0.5, 0.6) is 0 Å². The Balaban J connectivity index is 2.34. The largest absolute Gasteiger partial charge is 0.376 e. The topological polar surface area (TPSA) is 57.8 Å². The molecule has 0 radical (unpaired) electrons. The second-order valence-corrected chi connectivity index (χ2v) is 4.71. The van der Waals surface area contributed by atoms with E-state index in [0.717, 1.165) is 0 Å². The van der Waals surface area contributed by atoms with Crippen LogP contribution in [-0.4, -0.2) is 10.2 Å². The predicted octanol–water partition coefficient (Wildman–Crippen LogP) is 3.39. The van der Waals surface area contributed by atoms with Gasteiger partial charge in [0.2, 0.25) is 0 Å². The van der Waals surface area contributed by atoms with Crippen molar-refractivity contribution in [1.29, 1.82) is 0 Å². The molecule has 0 spiro atoms. The molecule has 2 aromatic rings. The first-order chi connectivity index (χ1) is 9.00. The van der Waals surface area contributed by atoms with Gasteiger partial charge in [-0.3, -0.25) is 4.79 Å². The molecule has 100 valence electrons. The number of hydrogen-bond donors (Lipinski definition) is 2.